The van der Waals surface area contributed by atoms with Gasteiger partial charge in [0.05, 0.1) is 10.2 Å². The second-order valence-electron chi connectivity index (χ2n) is 4.37. The zero-order valence-electron chi connectivity index (χ0n) is 9.63. The average molecular weight is 271 g/mol. The van der Waals surface area contributed by atoms with Crippen LogP contribution in [0.5, 0.6) is 0 Å². The lowest BCUT2D eigenvalue weighted by Crippen LogP contribution is -2.16. The van der Waals surface area contributed by atoms with Gasteiger partial charge in [0.15, 0.2) is 0 Å². The van der Waals surface area contributed by atoms with E-state index >= 15 is 0 Å². The van der Waals surface area contributed by atoms with Crippen LogP contribution >= 0.6 is 15.9 Å². The lowest BCUT2D eigenvalue weighted by Gasteiger charge is -2.17. The molecule has 1 rings (SSSR count). The smallest absolute Gasteiger partial charge is 0.0590 e. The average Bonchev–Trinajstić information content (AvgIpc) is 2.18. The monoisotopic (exact) mass is 270 g/mol. The van der Waals surface area contributed by atoms with E-state index in [2.05, 4.69) is 47.0 Å². The first-order chi connectivity index (χ1) is 7.09. The molecule has 0 aliphatic carbocycles. The Labute approximate surface area is 101 Å². The van der Waals surface area contributed by atoms with Crippen LogP contribution in [0, 0.1) is 5.92 Å². The van der Waals surface area contributed by atoms with Crippen molar-refractivity contribution in [1.82, 2.24) is 4.98 Å². The molecule has 0 spiro atoms. The van der Waals surface area contributed by atoms with Crippen LogP contribution in [0.15, 0.2) is 22.9 Å². The van der Waals surface area contributed by atoms with E-state index in [9.17, 15) is 0 Å². The summed E-state index contributed by atoms with van der Waals surface area (Å²) in [6.07, 6.45) is 6.09. The van der Waals surface area contributed by atoms with Gasteiger partial charge >= 0.3 is 0 Å². The summed E-state index contributed by atoms with van der Waals surface area (Å²) in [5, 5.41) is 3.48. The molecule has 2 nitrogen and oxygen atoms in total. The molecule has 84 valence electrons. The molecular formula is C12H19BrN2. The molecule has 0 saturated heterocycles. The van der Waals surface area contributed by atoms with Crippen molar-refractivity contribution in [3.8, 4) is 0 Å². The normalized spacial score (nSPS) is 12.9. The number of nitrogens with zero attached hydrogens (tertiary/aromatic N) is 1. The Morgan fingerprint density at radius 1 is 1.33 bits per heavy atom. The Balaban J connectivity index is 2.44. The van der Waals surface area contributed by atoms with E-state index in [1.165, 1.54) is 12.8 Å². The van der Waals surface area contributed by atoms with Gasteiger partial charge in [0, 0.05) is 18.4 Å². The fourth-order valence-electron chi connectivity index (χ4n) is 1.41. The topological polar surface area (TPSA) is 24.9 Å². The number of halogens is 1. The summed E-state index contributed by atoms with van der Waals surface area (Å²) in [7, 11) is 0. The highest BCUT2D eigenvalue weighted by molar-refractivity contribution is 9.10. The Morgan fingerprint density at radius 2 is 2.07 bits per heavy atom. The van der Waals surface area contributed by atoms with Crippen molar-refractivity contribution in [1.29, 1.82) is 0 Å². The molecule has 1 atom stereocenters. The van der Waals surface area contributed by atoms with Crippen molar-refractivity contribution in [2.45, 2.75) is 39.7 Å². The van der Waals surface area contributed by atoms with Gasteiger partial charge in [0.2, 0.25) is 0 Å². The van der Waals surface area contributed by atoms with Gasteiger partial charge < -0.3 is 5.32 Å². The Morgan fingerprint density at radius 3 is 2.67 bits per heavy atom. The first kappa shape index (κ1) is 12.5. The zero-order valence-corrected chi connectivity index (χ0v) is 11.2. The van der Waals surface area contributed by atoms with Gasteiger partial charge in [-0.15, -0.1) is 0 Å². The molecule has 1 heterocycles. The van der Waals surface area contributed by atoms with Crippen LogP contribution in [0.2, 0.25) is 0 Å². The number of hydrogen-bond donors (Lipinski definition) is 1. The van der Waals surface area contributed by atoms with Crippen LogP contribution in [0.25, 0.3) is 0 Å². The molecule has 0 fully saturated rings. The SMILES string of the molecule is CC(C)CCC(C)Nc1ccncc1Br. The quantitative estimate of drug-likeness (QED) is 0.872. The summed E-state index contributed by atoms with van der Waals surface area (Å²) in [4.78, 5) is 4.04. The Kier molecular flexibility index (Phi) is 5.09. The maximum absolute atomic E-state index is 4.04. The lowest BCUT2D eigenvalue weighted by molar-refractivity contribution is 0.527. The van der Waals surface area contributed by atoms with Gasteiger partial charge in [-0.05, 0) is 47.7 Å². The van der Waals surface area contributed by atoms with E-state index in [1.807, 2.05) is 18.5 Å². The molecule has 0 saturated carbocycles. The van der Waals surface area contributed by atoms with Gasteiger partial charge in [-0.3, -0.25) is 4.98 Å². The van der Waals surface area contributed by atoms with Crippen LogP contribution in [-0.4, -0.2) is 11.0 Å². The molecule has 0 bridgehead atoms. The Bertz CT molecular complexity index is 299. The van der Waals surface area contributed by atoms with Crippen molar-refractivity contribution in [3.05, 3.63) is 22.9 Å². The first-order valence-electron chi connectivity index (χ1n) is 5.45. The van der Waals surface area contributed by atoms with Gasteiger partial charge in [-0.25, -0.2) is 0 Å². The summed E-state index contributed by atoms with van der Waals surface area (Å²) in [5.41, 5.74) is 1.13. The minimum Gasteiger partial charge on any atom is -0.382 e. The number of pyridine rings is 1. The van der Waals surface area contributed by atoms with E-state index in [4.69, 9.17) is 0 Å². The summed E-state index contributed by atoms with van der Waals surface area (Å²) in [5.74, 6) is 0.773. The molecular weight excluding hydrogens is 252 g/mol. The van der Waals surface area contributed by atoms with Crippen molar-refractivity contribution in [3.63, 3.8) is 0 Å². The third-order valence-corrected chi connectivity index (χ3v) is 2.98. The minimum atomic E-state index is 0.506. The summed E-state index contributed by atoms with van der Waals surface area (Å²) in [6, 6.07) is 2.50. The Hall–Kier alpha value is -0.570. The molecule has 1 N–H and O–H groups in total. The van der Waals surface area contributed by atoms with E-state index in [0.717, 1.165) is 16.1 Å². The first-order valence-corrected chi connectivity index (χ1v) is 6.25. The summed E-state index contributed by atoms with van der Waals surface area (Å²) < 4.78 is 1.03. The van der Waals surface area contributed by atoms with Crippen LogP contribution < -0.4 is 5.32 Å². The molecule has 0 aromatic carbocycles. The molecule has 15 heavy (non-hydrogen) atoms. The highest BCUT2D eigenvalue weighted by atomic mass is 79.9. The van der Waals surface area contributed by atoms with Crippen molar-refractivity contribution in [2.24, 2.45) is 5.92 Å². The van der Waals surface area contributed by atoms with Crippen LogP contribution in [0.4, 0.5) is 5.69 Å². The zero-order chi connectivity index (χ0) is 11.3. The summed E-state index contributed by atoms with van der Waals surface area (Å²) in [6.45, 7) is 6.74. The van der Waals surface area contributed by atoms with Crippen molar-refractivity contribution < 1.29 is 0 Å². The third kappa shape index (κ3) is 4.65. The van der Waals surface area contributed by atoms with E-state index in [0.29, 0.717) is 6.04 Å². The second-order valence-corrected chi connectivity index (χ2v) is 5.23. The fraction of sp³-hybridized carbons (Fsp3) is 0.583. The molecule has 0 aliphatic rings. The van der Waals surface area contributed by atoms with Gasteiger partial charge in [0.25, 0.3) is 0 Å². The third-order valence-electron chi connectivity index (χ3n) is 2.35. The molecule has 1 aromatic rings. The fourth-order valence-corrected chi connectivity index (χ4v) is 1.78. The highest BCUT2D eigenvalue weighted by Crippen LogP contribution is 2.21. The van der Waals surface area contributed by atoms with Gasteiger partial charge in [-0.2, -0.15) is 0 Å². The van der Waals surface area contributed by atoms with E-state index in [1.54, 1.807) is 0 Å². The molecule has 0 aliphatic heterocycles. The minimum absolute atomic E-state index is 0.506. The van der Waals surface area contributed by atoms with E-state index < -0.39 is 0 Å². The molecule has 3 heteroatoms. The molecule has 1 unspecified atom stereocenters. The van der Waals surface area contributed by atoms with Crippen LogP contribution in [0.3, 0.4) is 0 Å². The highest BCUT2D eigenvalue weighted by Gasteiger charge is 2.05. The number of rotatable bonds is 5. The lowest BCUT2D eigenvalue weighted by atomic mass is 10.0. The van der Waals surface area contributed by atoms with Crippen LogP contribution in [0.1, 0.15) is 33.6 Å². The maximum atomic E-state index is 4.04. The standard InChI is InChI=1S/C12H19BrN2/c1-9(2)4-5-10(3)15-12-6-7-14-8-11(12)13/h6-10H,4-5H2,1-3H3,(H,14,15). The largest absolute Gasteiger partial charge is 0.382 e. The van der Waals surface area contributed by atoms with E-state index in [-0.39, 0.29) is 0 Å². The molecule has 0 radical (unpaired) electrons. The number of nitrogens with one attached hydrogen (secondary N) is 1. The number of hydrogen-bond acceptors (Lipinski definition) is 2. The number of aromatic nitrogens is 1. The van der Waals surface area contributed by atoms with Crippen molar-refractivity contribution in [2.75, 3.05) is 5.32 Å². The van der Waals surface area contributed by atoms with Crippen molar-refractivity contribution >= 4 is 21.6 Å². The predicted molar refractivity (Wildman–Crippen MR) is 69.1 cm³/mol. The number of anilines is 1. The molecule has 0 amide bonds. The predicted octanol–water partition coefficient (Wildman–Crippen LogP) is 4.08. The molecule has 1 aromatic heterocycles. The van der Waals surface area contributed by atoms with Gasteiger partial charge in [0.1, 0.15) is 0 Å². The van der Waals surface area contributed by atoms with Crippen LogP contribution in [-0.2, 0) is 0 Å². The maximum Gasteiger partial charge on any atom is 0.0590 e. The summed E-state index contributed by atoms with van der Waals surface area (Å²) >= 11 is 3.48. The van der Waals surface area contributed by atoms with Gasteiger partial charge in [-0.1, -0.05) is 13.8 Å². The second kappa shape index (κ2) is 6.11.